The van der Waals surface area contributed by atoms with Crippen LogP contribution in [0.3, 0.4) is 0 Å². The fraction of sp³-hybridized carbons (Fsp3) is 0.900. The van der Waals surface area contributed by atoms with Crippen LogP contribution in [0.5, 0.6) is 0 Å². The molecule has 2 N–H and O–H groups in total. The lowest BCUT2D eigenvalue weighted by molar-refractivity contribution is -0.122. The Morgan fingerprint density at radius 2 is 2.00 bits per heavy atom. The van der Waals surface area contributed by atoms with Crippen molar-refractivity contribution in [3.63, 3.8) is 0 Å². The molecule has 2 rings (SSSR count). The van der Waals surface area contributed by atoms with Gasteiger partial charge in [0.05, 0.1) is 0 Å². The van der Waals surface area contributed by atoms with Gasteiger partial charge in [-0.3, -0.25) is 0 Å². The molecule has 2 aliphatic carbocycles. The van der Waals surface area contributed by atoms with Crippen LogP contribution >= 0.6 is 0 Å². The van der Waals surface area contributed by atoms with E-state index in [1.807, 2.05) is 5.32 Å². The minimum atomic E-state index is -4.34. The number of hydrogen-bond donors (Lipinski definition) is 2. The molecule has 0 aromatic carbocycles. The molecule has 6 heteroatoms. The van der Waals surface area contributed by atoms with E-state index in [0.717, 1.165) is 19.3 Å². The van der Waals surface area contributed by atoms with E-state index >= 15 is 0 Å². The number of amides is 2. The number of carbonyl (C=O) groups is 1. The van der Waals surface area contributed by atoms with Gasteiger partial charge in [0.25, 0.3) is 0 Å². The number of hydrogen-bond acceptors (Lipinski definition) is 1. The molecular weight excluding hydrogens is 221 g/mol. The van der Waals surface area contributed by atoms with Crippen LogP contribution in [-0.2, 0) is 0 Å². The predicted octanol–water partition coefficient (Wildman–Crippen LogP) is 2.04. The molecule has 3 nitrogen and oxygen atoms in total. The van der Waals surface area contributed by atoms with Crippen molar-refractivity contribution in [2.24, 2.45) is 11.8 Å². The molecule has 3 atom stereocenters. The van der Waals surface area contributed by atoms with Crippen molar-refractivity contribution in [1.29, 1.82) is 0 Å². The van der Waals surface area contributed by atoms with Crippen LogP contribution in [0.1, 0.15) is 25.7 Å². The van der Waals surface area contributed by atoms with Gasteiger partial charge in [-0.25, -0.2) is 4.79 Å². The van der Waals surface area contributed by atoms with Gasteiger partial charge in [0.15, 0.2) is 0 Å². The largest absolute Gasteiger partial charge is 0.405 e. The molecule has 0 aliphatic heterocycles. The number of halogens is 3. The van der Waals surface area contributed by atoms with Gasteiger partial charge >= 0.3 is 12.2 Å². The van der Waals surface area contributed by atoms with Gasteiger partial charge in [0.2, 0.25) is 0 Å². The van der Waals surface area contributed by atoms with Gasteiger partial charge in [0, 0.05) is 6.04 Å². The fourth-order valence-electron chi connectivity index (χ4n) is 2.82. The molecule has 92 valence electrons. The first-order valence-electron chi connectivity index (χ1n) is 5.55. The van der Waals surface area contributed by atoms with Crippen molar-refractivity contribution < 1.29 is 18.0 Å². The van der Waals surface area contributed by atoms with Crippen LogP contribution < -0.4 is 10.6 Å². The van der Waals surface area contributed by atoms with Crippen molar-refractivity contribution in [1.82, 2.24) is 10.6 Å². The minimum Gasteiger partial charge on any atom is -0.335 e. The van der Waals surface area contributed by atoms with Crippen LogP contribution in [-0.4, -0.2) is 24.8 Å². The smallest absolute Gasteiger partial charge is 0.335 e. The fourth-order valence-corrected chi connectivity index (χ4v) is 2.82. The lowest BCUT2D eigenvalue weighted by Gasteiger charge is -2.23. The van der Waals surface area contributed by atoms with Crippen molar-refractivity contribution in [3.8, 4) is 0 Å². The van der Waals surface area contributed by atoms with E-state index in [9.17, 15) is 18.0 Å². The van der Waals surface area contributed by atoms with E-state index in [2.05, 4.69) is 5.32 Å². The summed E-state index contributed by atoms with van der Waals surface area (Å²) in [6, 6.07) is -0.623. The van der Waals surface area contributed by atoms with Gasteiger partial charge in [-0.2, -0.15) is 13.2 Å². The average Bonchev–Trinajstić information content (AvgIpc) is 2.75. The van der Waals surface area contributed by atoms with Gasteiger partial charge in [-0.1, -0.05) is 6.42 Å². The highest BCUT2D eigenvalue weighted by Crippen LogP contribution is 2.44. The first-order chi connectivity index (χ1) is 7.44. The Bertz CT molecular complexity index is 280. The summed E-state index contributed by atoms with van der Waals surface area (Å²) in [5.74, 6) is 1.14. The summed E-state index contributed by atoms with van der Waals surface area (Å²) in [5.41, 5.74) is 0. The Balaban J connectivity index is 1.72. The molecule has 0 saturated heterocycles. The molecule has 2 saturated carbocycles. The average molecular weight is 236 g/mol. The number of carbonyl (C=O) groups excluding carboxylic acids is 1. The van der Waals surface area contributed by atoms with E-state index in [1.54, 1.807) is 0 Å². The zero-order valence-electron chi connectivity index (χ0n) is 8.81. The molecule has 2 amide bonds. The van der Waals surface area contributed by atoms with Gasteiger partial charge in [-0.15, -0.1) is 0 Å². The zero-order chi connectivity index (χ0) is 11.8. The molecule has 16 heavy (non-hydrogen) atoms. The van der Waals surface area contributed by atoms with E-state index in [0.29, 0.717) is 11.8 Å². The summed E-state index contributed by atoms with van der Waals surface area (Å²) in [7, 11) is 0. The second-order valence-electron chi connectivity index (χ2n) is 4.72. The zero-order valence-corrected chi connectivity index (χ0v) is 8.81. The third kappa shape index (κ3) is 2.80. The van der Waals surface area contributed by atoms with E-state index in [4.69, 9.17) is 0 Å². The van der Waals surface area contributed by atoms with Crippen LogP contribution in [0, 0.1) is 11.8 Å². The maximum atomic E-state index is 11.8. The standard InChI is InChI=1S/C10H15F3N2O/c11-10(12,13)5-14-9(16)15-8-4-6-1-2-7(8)3-6/h6-8H,1-5H2,(H2,14,15,16). The third-order valence-corrected chi connectivity index (χ3v) is 3.50. The molecule has 0 radical (unpaired) electrons. The highest BCUT2D eigenvalue weighted by molar-refractivity contribution is 5.74. The van der Waals surface area contributed by atoms with Crippen LogP contribution in [0.25, 0.3) is 0 Å². The summed E-state index contributed by atoms with van der Waals surface area (Å²) in [4.78, 5) is 11.2. The number of nitrogens with one attached hydrogen (secondary N) is 2. The lowest BCUT2D eigenvalue weighted by Crippen LogP contribution is -2.46. The van der Waals surface area contributed by atoms with E-state index in [-0.39, 0.29) is 6.04 Å². The first-order valence-corrected chi connectivity index (χ1v) is 5.55. The van der Waals surface area contributed by atoms with Crippen molar-refractivity contribution in [2.45, 2.75) is 37.9 Å². The second-order valence-corrected chi connectivity index (χ2v) is 4.72. The highest BCUT2D eigenvalue weighted by Gasteiger charge is 2.40. The summed E-state index contributed by atoms with van der Waals surface area (Å²) >= 11 is 0. The van der Waals surface area contributed by atoms with Crippen LogP contribution in [0.2, 0.25) is 0 Å². The number of rotatable bonds is 2. The van der Waals surface area contributed by atoms with Crippen molar-refractivity contribution in [3.05, 3.63) is 0 Å². The summed E-state index contributed by atoms with van der Waals surface area (Å²) in [5, 5.41) is 4.47. The summed E-state index contributed by atoms with van der Waals surface area (Å²) in [6.45, 7) is -1.26. The number of fused-ring (bicyclic) bond motifs is 2. The Hall–Kier alpha value is -0.940. The summed E-state index contributed by atoms with van der Waals surface area (Å²) in [6.07, 6.45) is -0.0117. The molecule has 0 spiro atoms. The maximum absolute atomic E-state index is 11.8. The van der Waals surface area contributed by atoms with Crippen molar-refractivity contribution >= 4 is 6.03 Å². The second kappa shape index (κ2) is 4.14. The summed E-state index contributed by atoms with van der Waals surface area (Å²) < 4.78 is 35.5. The Kier molecular flexibility index (Phi) is 2.99. The number of alkyl halides is 3. The van der Waals surface area contributed by atoms with Crippen LogP contribution in [0.15, 0.2) is 0 Å². The Morgan fingerprint density at radius 3 is 2.50 bits per heavy atom. The Labute approximate surface area is 91.8 Å². The quantitative estimate of drug-likeness (QED) is 0.756. The third-order valence-electron chi connectivity index (χ3n) is 3.50. The minimum absolute atomic E-state index is 0.0759. The monoisotopic (exact) mass is 236 g/mol. The normalized spacial score (nSPS) is 32.8. The maximum Gasteiger partial charge on any atom is 0.405 e. The van der Waals surface area contributed by atoms with Crippen molar-refractivity contribution in [2.75, 3.05) is 6.54 Å². The molecule has 0 heterocycles. The van der Waals surface area contributed by atoms with Gasteiger partial charge < -0.3 is 10.6 Å². The SMILES string of the molecule is O=C(NCC(F)(F)F)NC1CC2CCC1C2. The topological polar surface area (TPSA) is 41.1 Å². The van der Waals surface area contributed by atoms with Crippen LogP contribution in [0.4, 0.5) is 18.0 Å². The van der Waals surface area contributed by atoms with Gasteiger partial charge in [0.1, 0.15) is 6.54 Å². The van der Waals surface area contributed by atoms with E-state index in [1.165, 1.54) is 6.42 Å². The predicted molar refractivity (Wildman–Crippen MR) is 51.8 cm³/mol. The molecule has 2 fully saturated rings. The van der Waals surface area contributed by atoms with E-state index < -0.39 is 18.8 Å². The molecule has 0 aromatic rings. The number of urea groups is 1. The molecule has 2 bridgehead atoms. The lowest BCUT2D eigenvalue weighted by atomic mass is 9.95. The van der Waals surface area contributed by atoms with Gasteiger partial charge in [-0.05, 0) is 31.1 Å². The molecular formula is C10H15F3N2O. The molecule has 2 aliphatic rings. The molecule has 3 unspecified atom stereocenters. The first kappa shape index (κ1) is 11.5. The molecule has 0 aromatic heterocycles. The Morgan fingerprint density at radius 1 is 1.25 bits per heavy atom. The highest BCUT2D eigenvalue weighted by atomic mass is 19.4.